The maximum Gasteiger partial charge on any atom is 0.343 e. The summed E-state index contributed by atoms with van der Waals surface area (Å²) < 4.78 is 7.73. The van der Waals surface area contributed by atoms with E-state index in [0.717, 1.165) is 50.0 Å². The fourth-order valence-corrected chi connectivity index (χ4v) is 3.34. The largest absolute Gasteiger partial charge is 0.462 e. The molecule has 0 spiro atoms. The first-order valence-corrected chi connectivity index (χ1v) is 8.02. The van der Waals surface area contributed by atoms with Gasteiger partial charge in [0, 0.05) is 17.9 Å². The molecule has 0 fully saturated rings. The molecule has 0 bridgehead atoms. The number of halogens is 1. The molecule has 110 valence electrons. The minimum atomic E-state index is -0.494. The molecule has 1 aliphatic rings. The molecular formula is C15H20BrNO3. The molecule has 0 saturated heterocycles. The number of hydrogen-bond acceptors (Lipinski definition) is 3. The summed E-state index contributed by atoms with van der Waals surface area (Å²) in [4.78, 5) is 24.6. The molecule has 5 heteroatoms. The highest BCUT2D eigenvalue weighted by Crippen LogP contribution is 2.26. The van der Waals surface area contributed by atoms with E-state index < -0.39 is 5.97 Å². The van der Waals surface area contributed by atoms with Crippen molar-refractivity contribution >= 4 is 21.9 Å². The quantitative estimate of drug-likeness (QED) is 0.773. The van der Waals surface area contributed by atoms with Gasteiger partial charge in [0.1, 0.15) is 5.56 Å². The Bertz CT molecular complexity index is 577. The molecule has 2 heterocycles. The van der Waals surface area contributed by atoms with Crippen molar-refractivity contribution in [3.8, 4) is 0 Å². The number of carbonyl (C=O) groups excluding carboxylic acids is 1. The molecule has 1 aromatic heterocycles. The van der Waals surface area contributed by atoms with Gasteiger partial charge in [0.25, 0.3) is 0 Å². The molecule has 1 aliphatic heterocycles. The number of unbranched alkanes of at least 4 members (excludes halogenated alkanes) is 1. The number of nitrogens with zero attached hydrogens (tertiary/aromatic N) is 1. The first-order chi connectivity index (χ1) is 9.61. The SMILES string of the molecule is CCCCc1c(C(=O)OCC)c(=O)c(Br)c2n1CCC2. The summed E-state index contributed by atoms with van der Waals surface area (Å²) in [5.74, 6) is -0.494. The van der Waals surface area contributed by atoms with Crippen molar-refractivity contribution in [2.75, 3.05) is 6.61 Å². The zero-order valence-electron chi connectivity index (χ0n) is 12.0. The van der Waals surface area contributed by atoms with Gasteiger partial charge in [0.2, 0.25) is 5.43 Å². The van der Waals surface area contributed by atoms with Crippen LogP contribution in [0.4, 0.5) is 0 Å². The van der Waals surface area contributed by atoms with Crippen molar-refractivity contribution in [1.82, 2.24) is 4.57 Å². The second kappa shape index (κ2) is 6.57. The molecule has 0 aromatic carbocycles. The molecule has 0 amide bonds. The number of pyridine rings is 1. The van der Waals surface area contributed by atoms with E-state index >= 15 is 0 Å². The normalized spacial score (nSPS) is 13.3. The number of carbonyl (C=O) groups is 1. The fraction of sp³-hybridized carbons (Fsp3) is 0.600. The number of fused-ring (bicyclic) bond motifs is 1. The third-order valence-corrected chi connectivity index (χ3v) is 4.48. The van der Waals surface area contributed by atoms with E-state index in [4.69, 9.17) is 4.74 Å². The van der Waals surface area contributed by atoms with E-state index in [1.165, 1.54) is 0 Å². The fourth-order valence-electron chi connectivity index (χ4n) is 2.73. The maximum atomic E-state index is 12.5. The van der Waals surface area contributed by atoms with Crippen LogP contribution in [0.15, 0.2) is 9.27 Å². The van der Waals surface area contributed by atoms with Gasteiger partial charge in [-0.2, -0.15) is 0 Å². The molecule has 1 aromatic rings. The molecule has 0 atom stereocenters. The van der Waals surface area contributed by atoms with Crippen molar-refractivity contribution in [3.05, 3.63) is 31.6 Å². The van der Waals surface area contributed by atoms with Crippen molar-refractivity contribution in [2.45, 2.75) is 52.5 Å². The van der Waals surface area contributed by atoms with Crippen LogP contribution in [0.25, 0.3) is 0 Å². The van der Waals surface area contributed by atoms with E-state index in [9.17, 15) is 9.59 Å². The predicted octanol–water partition coefficient (Wildman–Crippen LogP) is 3.08. The van der Waals surface area contributed by atoms with E-state index in [1.54, 1.807) is 6.92 Å². The smallest absolute Gasteiger partial charge is 0.343 e. The molecule has 20 heavy (non-hydrogen) atoms. The average molecular weight is 342 g/mol. The number of aromatic nitrogens is 1. The Hall–Kier alpha value is -1.10. The van der Waals surface area contributed by atoms with Crippen molar-refractivity contribution in [1.29, 1.82) is 0 Å². The summed E-state index contributed by atoms with van der Waals surface area (Å²) in [7, 11) is 0. The summed E-state index contributed by atoms with van der Waals surface area (Å²) in [5.41, 5.74) is 1.88. The third kappa shape index (κ3) is 2.68. The molecular weight excluding hydrogens is 322 g/mol. The minimum Gasteiger partial charge on any atom is -0.462 e. The maximum absolute atomic E-state index is 12.5. The van der Waals surface area contributed by atoms with Crippen LogP contribution in [-0.2, 0) is 24.1 Å². The Morgan fingerprint density at radius 2 is 2.15 bits per heavy atom. The highest BCUT2D eigenvalue weighted by Gasteiger charge is 2.27. The lowest BCUT2D eigenvalue weighted by atomic mass is 10.1. The van der Waals surface area contributed by atoms with E-state index in [1.807, 2.05) is 0 Å². The minimum absolute atomic E-state index is 0.220. The summed E-state index contributed by atoms with van der Waals surface area (Å²) in [5, 5.41) is 0. The van der Waals surface area contributed by atoms with E-state index in [2.05, 4.69) is 27.4 Å². The number of hydrogen-bond donors (Lipinski definition) is 0. The summed E-state index contributed by atoms with van der Waals surface area (Å²) >= 11 is 3.36. The summed E-state index contributed by atoms with van der Waals surface area (Å²) in [6.45, 7) is 5.01. The van der Waals surface area contributed by atoms with Gasteiger partial charge in [-0.25, -0.2) is 4.79 Å². The van der Waals surface area contributed by atoms with E-state index in [0.29, 0.717) is 4.47 Å². The molecule has 4 nitrogen and oxygen atoms in total. The lowest BCUT2D eigenvalue weighted by Gasteiger charge is -2.17. The summed E-state index contributed by atoms with van der Waals surface area (Å²) in [6, 6.07) is 0. The molecule has 2 rings (SSSR count). The summed E-state index contributed by atoms with van der Waals surface area (Å²) in [6.07, 6.45) is 4.65. The van der Waals surface area contributed by atoms with Crippen LogP contribution in [0.2, 0.25) is 0 Å². The molecule has 0 unspecified atom stereocenters. The van der Waals surface area contributed by atoms with Gasteiger partial charge in [0.15, 0.2) is 0 Å². The first kappa shape index (κ1) is 15.3. The van der Waals surface area contributed by atoms with Gasteiger partial charge in [-0.1, -0.05) is 13.3 Å². The van der Waals surface area contributed by atoms with Crippen molar-refractivity contribution in [3.63, 3.8) is 0 Å². The van der Waals surface area contributed by atoms with Crippen molar-refractivity contribution in [2.24, 2.45) is 0 Å². The Kier molecular flexibility index (Phi) is 5.02. The van der Waals surface area contributed by atoms with Crippen LogP contribution in [0, 0.1) is 0 Å². The Balaban J connectivity index is 2.60. The second-order valence-corrected chi connectivity index (χ2v) is 5.78. The van der Waals surface area contributed by atoms with Gasteiger partial charge < -0.3 is 9.30 Å². The number of rotatable bonds is 5. The zero-order chi connectivity index (χ0) is 14.7. The highest BCUT2D eigenvalue weighted by atomic mass is 79.9. The molecule has 0 radical (unpaired) electrons. The predicted molar refractivity (Wildman–Crippen MR) is 81.3 cm³/mol. The lowest BCUT2D eigenvalue weighted by molar-refractivity contribution is 0.0522. The van der Waals surface area contributed by atoms with Gasteiger partial charge in [0.05, 0.1) is 11.1 Å². The number of ether oxygens (including phenoxy) is 1. The number of esters is 1. The molecule has 0 N–H and O–H groups in total. The van der Waals surface area contributed by atoms with Crippen LogP contribution < -0.4 is 5.43 Å². The van der Waals surface area contributed by atoms with Gasteiger partial charge in [-0.15, -0.1) is 0 Å². The standard InChI is InChI=1S/C15H20BrNO3/c1-3-5-7-10-12(15(19)20-4-2)14(18)13(16)11-8-6-9-17(10)11/h3-9H2,1-2H3. The highest BCUT2D eigenvalue weighted by molar-refractivity contribution is 9.10. The third-order valence-electron chi connectivity index (χ3n) is 3.66. The van der Waals surface area contributed by atoms with Crippen molar-refractivity contribution < 1.29 is 9.53 Å². The Labute approximate surface area is 127 Å². The van der Waals surface area contributed by atoms with Gasteiger partial charge >= 0.3 is 5.97 Å². The van der Waals surface area contributed by atoms with Crippen LogP contribution in [0.5, 0.6) is 0 Å². The van der Waals surface area contributed by atoms with Crippen LogP contribution in [-0.4, -0.2) is 17.1 Å². The van der Waals surface area contributed by atoms with Crippen LogP contribution in [0.1, 0.15) is 54.9 Å². The average Bonchev–Trinajstić information content (AvgIpc) is 2.90. The Morgan fingerprint density at radius 1 is 1.40 bits per heavy atom. The Morgan fingerprint density at radius 3 is 2.80 bits per heavy atom. The topological polar surface area (TPSA) is 48.3 Å². The molecule has 0 aliphatic carbocycles. The lowest BCUT2D eigenvalue weighted by Crippen LogP contribution is -2.26. The molecule has 0 saturated carbocycles. The van der Waals surface area contributed by atoms with Gasteiger partial charge in [-0.05, 0) is 48.5 Å². The van der Waals surface area contributed by atoms with Crippen LogP contribution >= 0.6 is 15.9 Å². The monoisotopic (exact) mass is 341 g/mol. The zero-order valence-corrected chi connectivity index (χ0v) is 13.6. The van der Waals surface area contributed by atoms with Crippen LogP contribution in [0.3, 0.4) is 0 Å². The van der Waals surface area contributed by atoms with Gasteiger partial charge in [-0.3, -0.25) is 4.79 Å². The van der Waals surface area contributed by atoms with E-state index in [-0.39, 0.29) is 17.6 Å². The second-order valence-electron chi connectivity index (χ2n) is 4.99. The first-order valence-electron chi connectivity index (χ1n) is 7.22.